The van der Waals surface area contributed by atoms with Crippen LogP contribution in [0.5, 0.6) is 0 Å². The normalized spacial score (nSPS) is 12.7. The van der Waals surface area contributed by atoms with Crippen LogP contribution in [-0.4, -0.2) is 21.6 Å². The van der Waals surface area contributed by atoms with Crippen LogP contribution in [0.3, 0.4) is 0 Å². The number of rotatable bonds is 4. The first kappa shape index (κ1) is 13.6. The number of fused-ring (bicyclic) bond motifs is 1. The van der Waals surface area contributed by atoms with Gasteiger partial charge in [-0.2, -0.15) is 5.10 Å². The van der Waals surface area contributed by atoms with Gasteiger partial charge < -0.3 is 5.32 Å². The second-order valence-corrected chi connectivity index (χ2v) is 4.75. The Balaban J connectivity index is 1.99. The van der Waals surface area contributed by atoms with E-state index in [1.54, 1.807) is 36.4 Å². The predicted octanol–water partition coefficient (Wildman–Crippen LogP) is 2.51. The molecule has 21 heavy (non-hydrogen) atoms. The average molecular weight is 288 g/mol. The molecule has 0 amide bonds. The van der Waals surface area contributed by atoms with Crippen LogP contribution in [0, 0.1) is 11.6 Å². The van der Waals surface area contributed by atoms with Crippen LogP contribution in [0.25, 0.3) is 5.52 Å². The van der Waals surface area contributed by atoms with Crippen molar-refractivity contribution < 1.29 is 8.78 Å². The molecular formula is C15H14F2N4. The Labute approximate surface area is 120 Å². The van der Waals surface area contributed by atoms with Crippen LogP contribution in [-0.2, 0) is 6.42 Å². The molecule has 1 unspecified atom stereocenters. The van der Waals surface area contributed by atoms with Gasteiger partial charge in [-0.25, -0.2) is 13.3 Å². The largest absolute Gasteiger partial charge is 0.313 e. The van der Waals surface area contributed by atoms with Crippen LogP contribution in [0.2, 0.25) is 0 Å². The zero-order valence-corrected chi connectivity index (χ0v) is 11.4. The number of likely N-dealkylation sites (N-methyl/N-ethyl adjacent to an activating group) is 1. The average Bonchev–Trinajstić information content (AvgIpc) is 2.91. The van der Waals surface area contributed by atoms with Crippen molar-refractivity contribution in [3.8, 4) is 0 Å². The number of halogens is 2. The quantitative estimate of drug-likeness (QED) is 0.802. The van der Waals surface area contributed by atoms with Gasteiger partial charge in [0.15, 0.2) is 0 Å². The molecule has 108 valence electrons. The van der Waals surface area contributed by atoms with E-state index in [4.69, 9.17) is 0 Å². The Bertz CT molecular complexity index is 749. The highest BCUT2D eigenvalue weighted by molar-refractivity contribution is 5.53. The van der Waals surface area contributed by atoms with Gasteiger partial charge in [0, 0.05) is 29.6 Å². The molecule has 0 aliphatic carbocycles. The van der Waals surface area contributed by atoms with Gasteiger partial charge in [0.2, 0.25) is 0 Å². The van der Waals surface area contributed by atoms with Crippen molar-refractivity contribution in [1.29, 1.82) is 0 Å². The second kappa shape index (κ2) is 5.57. The maximum atomic E-state index is 13.8. The Morgan fingerprint density at radius 2 is 2.00 bits per heavy atom. The molecule has 2 aromatic heterocycles. The second-order valence-electron chi connectivity index (χ2n) is 4.75. The van der Waals surface area contributed by atoms with Crippen molar-refractivity contribution in [3.63, 3.8) is 0 Å². The summed E-state index contributed by atoms with van der Waals surface area (Å²) >= 11 is 0. The minimum Gasteiger partial charge on any atom is -0.313 e. The molecular weight excluding hydrogens is 274 g/mol. The van der Waals surface area contributed by atoms with Crippen LogP contribution in [0.15, 0.2) is 43.0 Å². The lowest BCUT2D eigenvalue weighted by molar-refractivity contribution is 0.516. The van der Waals surface area contributed by atoms with Gasteiger partial charge in [-0.15, -0.1) is 0 Å². The standard InChI is InChI=1S/C15H14F2N4/c1-18-14(7-10-12(16)3-2-4-13(10)17)11-8-20-21-6-5-19-9-15(11)21/h2-6,8-9,14,18H,7H2,1H3. The first-order valence-corrected chi connectivity index (χ1v) is 6.58. The molecule has 3 aromatic rings. The number of hydrogen-bond donors (Lipinski definition) is 1. The molecule has 4 nitrogen and oxygen atoms in total. The fraction of sp³-hybridized carbons (Fsp3) is 0.200. The number of nitrogens with zero attached hydrogens (tertiary/aromatic N) is 3. The predicted molar refractivity (Wildman–Crippen MR) is 74.8 cm³/mol. The van der Waals surface area contributed by atoms with E-state index in [0.717, 1.165) is 11.1 Å². The van der Waals surface area contributed by atoms with Crippen molar-refractivity contribution in [2.45, 2.75) is 12.5 Å². The van der Waals surface area contributed by atoms with E-state index in [2.05, 4.69) is 15.4 Å². The summed E-state index contributed by atoms with van der Waals surface area (Å²) in [5.74, 6) is -1.07. The molecule has 0 fully saturated rings. The smallest absolute Gasteiger partial charge is 0.129 e. The molecule has 0 bridgehead atoms. The molecule has 1 atom stereocenters. The van der Waals surface area contributed by atoms with Crippen molar-refractivity contribution >= 4 is 5.52 Å². The monoisotopic (exact) mass is 288 g/mol. The summed E-state index contributed by atoms with van der Waals surface area (Å²) in [5, 5.41) is 7.31. The van der Waals surface area contributed by atoms with E-state index in [1.165, 1.54) is 18.2 Å². The maximum absolute atomic E-state index is 13.8. The molecule has 0 aliphatic heterocycles. The Morgan fingerprint density at radius 3 is 2.71 bits per heavy atom. The summed E-state index contributed by atoms with van der Waals surface area (Å²) in [6, 6.07) is 3.64. The highest BCUT2D eigenvalue weighted by atomic mass is 19.1. The molecule has 1 N–H and O–H groups in total. The van der Waals surface area contributed by atoms with Gasteiger partial charge in [-0.05, 0) is 25.6 Å². The first-order chi connectivity index (χ1) is 10.2. The minimum atomic E-state index is -0.537. The van der Waals surface area contributed by atoms with Gasteiger partial charge in [0.1, 0.15) is 11.6 Å². The third kappa shape index (κ3) is 2.50. The highest BCUT2D eigenvalue weighted by Gasteiger charge is 2.19. The van der Waals surface area contributed by atoms with Crippen molar-refractivity contribution in [3.05, 3.63) is 65.7 Å². The minimum absolute atomic E-state index is 0.0695. The zero-order valence-electron chi connectivity index (χ0n) is 11.4. The molecule has 1 aromatic carbocycles. The van der Waals surface area contributed by atoms with Crippen molar-refractivity contribution in [1.82, 2.24) is 19.9 Å². The lowest BCUT2D eigenvalue weighted by Gasteiger charge is -2.16. The van der Waals surface area contributed by atoms with Crippen LogP contribution in [0.4, 0.5) is 8.78 Å². The van der Waals surface area contributed by atoms with Gasteiger partial charge in [-0.3, -0.25) is 4.98 Å². The van der Waals surface area contributed by atoms with E-state index in [-0.39, 0.29) is 18.0 Å². The first-order valence-electron chi connectivity index (χ1n) is 6.58. The van der Waals surface area contributed by atoms with Crippen LogP contribution >= 0.6 is 0 Å². The van der Waals surface area contributed by atoms with E-state index < -0.39 is 11.6 Å². The Hall–Kier alpha value is -2.34. The third-order valence-electron chi connectivity index (χ3n) is 3.55. The highest BCUT2D eigenvalue weighted by Crippen LogP contribution is 2.24. The van der Waals surface area contributed by atoms with Gasteiger partial charge >= 0.3 is 0 Å². The summed E-state index contributed by atoms with van der Waals surface area (Å²) in [6.45, 7) is 0. The third-order valence-corrected chi connectivity index (χ3v) is 3.55. The SMILES string of the molecule is CNC(Cc1c(F)cccc1F)c1cnn2ccncc12. The summed E-state index contributed by atoms with van der Waals surface area (Å²) in [4.78, 5) is 4.07. The maximum Gasteiger partial charge on any atom is 0.129 e. The van der Waals surface area contributed by atoms with Crippen molar-refractivity contribution in [2.24, 2.45) is 0 Å². The summed E-state index contributed by atoms with van der Waals surface area (Å²) in [7, 11) is 1.75. The molecule has 0 aliphatic rings. The molecule has 0 saturated heterocycles. The summed E-state index contributed by atoms with van der Waals surface area (Å²) in [5.41, 5.74) is 1.74. The van der Waals surface area contributed by atoms with Gasteiger partial charge in [-0.1, -0.05) is 6.07 Å². The number of benzene rings is 1. The summed E-state index contributed by atoms with van der Waals surface area (Å²) in [6.07, 6.45) is 6.94. The molecule has 0 spiro atoms. The number of aromatic nitrogens is 3. The molecule has 0 saturated carbocycles. The Kier molecular flexibility index (Phi) is 3.62. The fourth-order valence-electron chi connectivity index (χ4n) is 2.42. The van der Waals surface area contributed by atoms with E-state index in [9.17, 15) is 8.78 Å². The van der Waals surface area contributed by atoms with E-state index in [0.29, 0.717) is 0 Å². The zero-order chi connectivity index (χ0) is 14.8. The number of hydrogen-bond acceptors (Lipinski definition) is 3. The van der Waals surface area contributed by atoms with Crippen molar-refractivity contribution in [2.75, 3.05) is 7.05 Å². The topological polar surface area (TPSA) is 42.2 Å². The Morgan fingerprint density at radius 1 is 1.24 bits per heavy atom. The molecule has 2 heterocycles. The number of nitrogens with one attached hydrogen (secondary N) is 1. The van der Waals surface area contributed by atoms with Crippen LogP contribution in [0.1, 0.15) is 17.2 Å². The lowest BCUT2D eigenvalue weighted by atomic mass is 9.99. The van der Waals surface area contributed by atoms with E-state index >= 15 is 0 Å². The van der Waals surface area contributed by atoms with Gasteiger partial charge in [0.05, 0.1) is 17.9 Å². The fourth-order valence-corrected chi connectivity index (χ4v) is 2.42. The molecule has 0 radical (unpaired) electrons. The van der Waals surface area contributed by atoms with Crippen LogP contribution < -0.4 is 5.32 Å². The van der Waals surface area contributed by atoms with Gasteiger partial charge in [0.25, 0.3) is 0 Å². The lowest BCUT2D eigenvalue weighted by Crippen LogP contribution is -2.20. The van der Waals surface area contributed by atoms with E-state index in [1.807, 2.05) is 0 Å². The molecule has 3 rings (SSSR count). The molecule has 6 heteroatoms. The summed E-state index contributed by atoms with van der Waals surface area (Å²) < 4.78 is 29.3.